The van der Waals surface area contributed by atoms with Gasteiger partial charge in [-0.1, -0.05) is 13.0 Å². The largest absolute Gasteiger partial charge is 0.497 e. The summed E-state index contributed by atoms with van der Waals surface area (Å²) >= 11 is 0. The van der Waals surface area contributed by atoms with E-state index in [1.807, 2.05) is 24.3 Å². The van der Waals surface area contributed by atoms with Crippen molar-refractivity contribution in [1.82, 2.24) is 9.62 Å². The van der Waals surface area contributed by atoms with Gasteiger partial charge in [-0.25, -0.2) is 13.1 Å². The summed E-state index contributed by atoms with van der Waals surface area (Å²) in [6.07, 6.45) is 3.78. The minimum absolute atomic E-state index is 0.0288. The highest BCUT2D eigenvalue weighted by atomic mass is 32.2. The fourth-order valence-corrected chi connectivity index (χ4v) is 5.28. The fraction of sp³-hybridized carbons (Fsp3) is 0.650. The third-order valence-corrected chi connectivity index (χ3v) is 7.05. The van der Waals surface area contributed by atoms with Crippen LogP contribution >= 0.6 is 0 Å². The minimum Gasteiger partial charge on any atom is -0.497 e. The van der Waals surface area contributed by atoms with Gasteiger partial charge in [0.05, 0.1) is 7.11 Å². The average molecular weight is 410 g/mol. The Labute approximate surface area is 168 Å². The molecule has 1 amide bonds. The summed E-state index contributed by atoms with van der Waals surface area (Å²) in [5.74, 6) is 0.675. The maximum Gasteiger partial charge on any atom is 0.239 e. The van der Waals surface area contributed by atoms with Gasteiger partial charge in [0, 0.05) is 44.0 Å². The second-order valence-corrected chi connectivity index (χ2v) is 9.66. The minimum atomic E-state index is -3.59. The average Bonchev–Trinajstić information content (AvgIpc) is 2.69. The van der Waals surface area contributed by atoms with Gasteiger partial charge in [-0.2, -0.15) is 0 Å². The number of hydrogen-bond donors (Lipinski definition) is 1. The summed E-state index contributed by atoms with van der Waals surface area (Å²) in [5.41, 5.74) is 1.05. The Hall–Kier alpha value is -1.80. The lowest BCUT2D eigenvalue weighted by molar-refractivity contribution is -0.128. The van der Waals surface area contributed by atoms with Gasteiger partial charge in [0.15, 0.2) is 0 Å². The van der Waals surface area contributed by atoms with Crippen LogP contribution in [0.25, 0.3) is 0 Å². The molecule has 2 fully saturated rings. The molecule has 0 bridgehead atoms. The van der Waals surface area contributed by atoms with Crippen molar-refractivity contribution in [2.75, 3.05) is 43.9 Å². The van der Waals surface area contributed by atoms with Gasteiger partial charge in [-0.05, 0) is 43.7 Å². The van der Waals surface area contributed by atoms with E-state index in [2.05, 4.69) is 16.5 Å². The van der Waals surface area contributed by atoms with Crippen LogP contribution in [0.15, 0.2) is 24.3 Å². The Morgan fingerprint density at radius 3 is 2.46 bits per heavy atom. The molecule has 0 atom stereocenters. The number of anilines is 1. The standard InChI is InChI=1S/C20H31N3O4S/c1-16-6-8-17(9-7-16)21-28(25,26)15-20(24)23-12-10-22(11-13-23)18-4-3-5-19(14-18)27-2/h3-5,14,16-17,21H,6-13,15H2,1-2H3. The fourth-order valence-electron chi connectivity index (χ4n) is 3.95. The summed E-state index contributed by atoms with van der Waals surface area (Å²) in [6.45, 7) is 4.58. The van der Waals surface area contributed by atoms with Crippen LogP contribution in [0.4, 0.5) is 5.69 Å². The van der Waals surface area contributed by atoms with Gasteiger partial charge in [0.1, 0.15) is 11.5 Å². The summed E-state index contributed by atoms with van der Waals surface area (Å²) in [7, 11) is -1.96. The number of nitrogens with zero attached hydrogens (tertiary/aromatic N) is 2. The number of benzene rings is 1. The predicted octanol–water partition coefficient (Wildman–Crippen LogP) is 1.84. The van der Waals surface area contributed by atoms with Crippen LogP contribution in [-0.2, 0) is 14.8 Å². The highest BCUT2D eigenvalue weighted by molar-refractivity contribution is 7.90. The number of ether oxygens (including phenoxy) is 1. The lowest BCUT2D eigenvalue weighted by atomic mass is 9.88. The molecule has 2 aliphatic rings. The molecule has 3 rings (SSSR count). The van der Waals surface area contributed by atoms with Crippen LogP contribution < -0.4 is 14.4 Å². The number of amides is 1. The van der Waals surface area contributed by atoms with E-state index in [0.717, 1.165) is 37.1 Å². The van der Waals surface area contributed by atoms with E-state index in [1.54, 1.807) is 12.0 Å². The number of piperazine rings is 1. The van der Waals surface area contributed by atoms with Crippen LogP contribution in [0, 0.1) is 5.92 Å². The zero-order valence-electron chi connectivity index (χ0n) is 16.8. The summed E-state index contributed by atoms with van der Waals surface area (Å²) in [5, 5.41) is 0. The molecule has 1 aliphatic carbocycles. The van der Waals surface area contributed by atoms with Crippen LogP contribution in [0.2, 0.25) is 0 Å². The molecular formula is C20H31N3O4S. The lowest BCUT2D eigenvalue weighted by Gasteiger charge is -2.36. The number of carbonyl (C=O) groups excluding carboxylic acids is 1. The first-order chi connectivity index (χ1) is 13.4. The number of hydrogen-bond acceptors (Lipinski definition) is 5. The molecule has 1 aromatic carbocycles. The lowest BCUT2D eigenvalue weighted by Crippen LogP contribution is -2.51. The molecule has 1 N–H and O–H groups in total. The Balaban J connectivity index is 1.49. The molecule has 0 aromatic heterocycles. The quantitative estimate of drug-likeness (QED) is 0.776. The van der Waals surface area contributed by atoms with Gasteiger partial charge in [0.2, 0.25) is 15.9 Å². The Morgan fingerprint density at radius 2 is 1.82 bits per heavy atom. The van der Waals surface area contributed by atoms with Gasteiger partial charge < -0.3 is 14.5 Å². The third kappa shape index (κ3) is 5.61. The van der Waals surface area contributed by atoms with E-state index in [1.165, 1.54) is 0 Å². The first-order valence-electron chi connectivity index (χ1n) is 10.0. The summed E-state index contributed by atoms with van der Waals surface area (Å²) in [4.78, 5) is 16.4. The molecule has 1 aliphatic heterocycles. The first-order valence-corrected chi connectivity index (χ1v) is 11.7. The Morgan fingerprint density at radius 1 is 1.14 bits per heavy atom. The van der Waals surface area contributed by atoms with Crippen LogP contribution in [0.5, 0.6) is 5.75 Å². The molecule has 1 saturated carbocycles. The number of nitrogens with one attached hydrogen (secondary N) is 1. The first kappa shape index (κ1) is 20.9. The molecule has 1 saturated heterocycles. The topological polar surface area (TPSA) is 79.0 Å². The molecule has 156 valence electrons. The number of rotatable bonds is 6. The molecule has 0 spiro atoms. The zero-order chi connectivity index (χ0) is 20.1. The van der Waals surface area contributed by atoms with E-state index in [0.29, 0.717) is 32.1 Å². The van der Waals surface area contributed by atoms with Crippen LogP contribution in [0.3, 0.4) is 0 Å². The Bertz CT molecular complexity index is 767. The molecule has 1 heterocycles. The SMILES string of the molecule is COc1cccc(N2CCN(C(=O)CS(=O)(=O)NC3CCC(C)CC3)CC2)c1. The van der Waals surface area contributed by atoms with Gasteiger partial charge in [-0.15, -0.1) is 0 Å². The normalized spacial score (nSPS) is 23.5. The smallest absolute Gasteiger partial charge is 0.239 e. The highest BCUT2D eigenvalue weighted by Crippen LogP contribution is 2.24. The molecule has 0 radical (unpaired) electrons. The van der Waals surface area contributed by atoms with E-state index >= 15 is 0 Å². The third-order valence-electron chi connectivity index (χ3n) is 5.73. The summed E-state index contributed by atoms with van der Waals surface area (Å²) < 4.78 is 32.8. The monoisotopic (exact) mass is 409 g/mol. The molecule has 28 heavy (non-hydrogen) atoms. The second kappa shape index (κ2) is 9.13. The van der Waals surface area contributed by atoms with Crippen molar-refractivity contribution in [3.8, 4) is 5.75 Å². The van der Waals surface area contributed by atoms with Crippen molar-refractivity contribution in [3.63, 3.8) is 0 Å². The number of carbonyl (C=O) groups is 1. The van der Waals surface area contributed by atoms with Gasteiger partial charge >= 0.3 is 0 Å². The van der Waals surface area contributed by atoms with Crippen molar-refractivity contribution in [1.29, 1.82) is 0 Å². The van der Waals surface area contributed by atoms with E-state index in [4.69, 9.17) is 4.74 Å². The molecule has 7 nitrogen and oxygen atoms in total. The van der Waals surface area contributed by atoms with Crippen molar-refractivity contribution < 1.29 is 17.9 Å². The molecule has 8 heteroatoms. The maximum absolute atomic E-state index is 12.5. The van der Waals surface area contributed by atoms with E-state index < -0.39 is 15.8 Å². The second-order valence-electron chi connectivity index (χ2n) is 7.90. The van der Waals surface area contributed by atoms with Crippen LogP contribution in [-0.4, -0.2) is 64.3 Å². The number of sulfonamides is 1. The van der Waals surface area contributed by atoms with Crippen molar-refractivity contribution in [3.05, 3.63) is 24.3 Å². The van der Waals surface area contributed by atoms with E-state index in [9.17, 15) is 13.2 Å². The molecule has 1 aromatic rings. The number of methoxy groups -OCH3 is 1. The molecule has 0 unspecified atom stereocenters. The maximum atomic E-state index is 12.5. The van der Waals surface area contributed by atoms with Crippen molar-refractivity contribution in [2.24, 2.45) is 5.92 Å². The van der Waals surface area contributed by atoms with Gasteiger partial charge in [0.25, 0.3) is 0 Å². The van der Waals surface area contributed by atoms with Gasteiger partial charge in [-0.3, -0.25) is 4.79 Å². The van der Waals surface area contributed by atoms with Crippen LogP contribution in [0.1, 0.15) is 32.6 Å². The summed E-state index contributed by atoms with van der Waals surface area (Å²) in [6, 6.07) is 7.79. The van der Waals surface area contributed by atoms with E-state index in [-0.39, 0.29) is 11.9 Å². The predicted molar refractivity (Wildman–Crippen MR) is 110 cm³/mol. The zero-order valence-corrected chi connectivity index (χ0v) is 17.6. The highest BCUT2D eigenvalue weighted by Gasteiger charge is 2.28. The Kier molecular flexibility index (Phi) is 6.82. The molecular weight excluding hydrogens is 378 g/mol. The van der Waals surface area contributed by atoms with Crippen molar-refractivity contribution >= 4 is 21.6 Å². The van der Waals surface area contributed by atoms with Crippen molar-refractivity contribution in [2.45, 2.75) is 38.6 Å².